The molecule has 1 aromatic heterocycles. The third-order valence-electron chi connectivity index (χ3n) is 6.71. The van der Waals surface area contributed by atoms with Gasteiger partial charge < -0.3 is 4.98 Å². The number of fused-ring (bicyclic) bond motifs is 1. The van der Waals surface area contributed by atoms with Crippen LogP contribution >= 0.6 is 0 Å². The Labute approximate surface area is 203 Å². The Morgan fingerprint density at radius 1 is 0.886 bits per heavy atom. The SMILES string of the molecule is O=c1[nH]c(-c2ccccc2)nc2c1CN(CCCC(c1ccc(F)cc1)c1ccc(F)cc1)CC2. The third-order valence-corrected chi connectivity index (χ3v) is 6.71. The van der Waals surface area contributed by atoms with Crippen molar-refractivity contribution < 1.29 is 8.78 Å². The molecule has 0 amide bonds. The fourth-order valence-electron chi connectivity index (χ4n) is 4.84. The minimum absolute atomic E-state index is 0.0479. The summed E-state index contributed by atoms with van der Waals surface area (Å²) in [5.74, 6) is 0.122. The van der Waals surface area contributed by atoms with Crippen LogP contribution < -0.4 is 5.56 Å². The van der Waals surface area contributed by atoms with E-state index in [4.69, 9.17) is 4.98 Å². The highest BCUT2D eigenvalue weighted by Crippen LogP contribution is 2.30. The number of rotatable bonds is 7. The molecule has 0 bridgehead atoms. The van der Waals surface area contributed by atoms with Gasteiger partial charge in [0, 0.05) is 31.0 Å². The highest BCUT2D eigenvalue weighted by molar-refractivity contribution is 5.54. The summed E-state index contributed by atoms with van der Waals surface area (Å²) in [4.78, 5) is 22.8. The summed E-state index contributed by atoms with van der Waals surface area (Å²) in [5, 5.41) is 0. The average Bonchev–Trinajstić information content (AvgIpc) is 2.89. The first-order valence-corrected chi connectivity index (χ1v) is 12.0. The Morgan fingerprint density at radius 3 is 2.14 bits per heavy atom. The summed E-state index contributed by atoms with van der Waals surface area (Å²) in [6.45, 7) is 2.25. The van der Waals surface area contributed by atoms with Gasteiger partial charge in [-0.3, -0.25) is 9.69 Å². The molecule has 0 saturated carbocycles. The summed E-state index contributed by atoms with van der Waals surface area (Å²) in [5.41, 5.74) is 4.47. The van der Waals surface area contributed by atoms with Crippen LogP contribution in [-0.2, 0) is 13.0 Å². The van der Waals surface area contributed by atoms with Crippen LogP contribution in [0.1, 0.15) is 41.1 Å². The van der Waals surface area contributed by atoms with Crippen LogP contribution in [0.15, 0.2) is 83.7 Å². The first-order valence-electron chi connectivity index (χ1n) is 12.0. The van der Waals surface area contributed by atoms with E-state index in [1.165, 1.54) is 24.3 Å². The van der Waals surface area contributed by atoms with Crippen LogP contribution in [0.5, 0.6) is 0 Å². The lowest BCUT2D eigenvalue weighted by atomic mass is 9.87. The van der Waals surface area contributed by atoms with E-state index in [0.717, 1.165) is 60.3 Å². The zero-order valence-electron chi connectivity index (χ0n) is 19.4. The van der Waals surface area contributed by atoms with E-state index in [-0.39, 0.29) is 23.1 Å². The molecule has 0 aliphatic carbocycles. The molecule has 35 heavy (non-hydrogen) atoms. The van der Waals surface area contributed by atoms with Crippen molar-refractivity contribution in [1.82, 2.24) is 14.9 Å². The van der Waals surface area contributed by atoms with Gasteiger partial charge in [-0.05, 0) is 54.8 Å². The van der Waals surface area contributed by atoms with Crippen molar-refractivity contribution in [3.63, 3.8) is 0 Å². The van der Waals surface area contributed by atoms with E-state index < -0.39 is 0 Å². The number of benzene rings is 3. The van der Waals surface area contributed by atoms with E-state index in [2.05, 4.69) is 9.88 Å². The standard InChI is InChI=1S/C29H27F2N3O/c30-23-12-8-20(9-13-23)25(21-10-14-24(31)15-11-21)7-4-17-34-18-16-27-26(19-34)29(35)33-28(32-27)22-5-2-1-3-6-22/h1-3,5-6,8-15,25H,4,7,16-19H2,(H,32,33,35). The largest absolute Gasteiger partial charge is 0.306 e. The van der Waals surface area contributed by atoms with Crippen LogP contribution in [0, 0.1) is 11.6 Å². The van der Waals surface area contributed by atoms with Gasteiger partial charge in [-0.2, -0.15) is 0 Å². The van der Waals surface area contributed by atoms with E-state index in [9.17, 15) is 13.6 Å². The van der Waals surface area contributed by atoms with E-state index in [1.54, 1.807) is 24.3 Å². The van der Waals surface area contributed by atoms with Crippen LogP contribution in [0.3, 0.4) is 0 Å². The molecular formula is C29H27F2N3O. The molecule has 0 atom stereocenters. The highest BCUT2D eigenvalue weighted by atomic mass is 19.1. The Hall–Kier alpha value is -3.64. The predicted octanol–water partition coefficient (Wildman–Crippen LogP) is 5.69. The van der Waals surface area contributed by atoms with Crippen molar-refractivity contribution in [3.8, 4) is 11.4 Å². The highest BCUT2D eigenvalue weighted by Gasteiger charge is 2.22. The van der Waals surface area contributed by atoms with Gasteiger partial charge in [-0.25, -0.2) is 13.8 Å². The second kappa shape index (κ2) is 10.3. The first-order chi connectivity index (χ1) is 17.1. The Balaban J connectivity index is 1.27. The summed E-state index contributed by atoms with van der Waals surface area (Å²) >= 11 is 0. The molecule has 0 fully saturated rings. The number of nitrogens with one attached hydrogen (secondary N) is 1. The fourth-order valence-corrected chi connectivity index (χ4v) is 4.84. The monoisotopic (exact) mass is 471 g/mol. The zero-order valence-corrected chi connectivity index (χ0v) is 19.4. The second-order valence-electron chi connectivity index (χ2n) is 9.03. The van der Waals surface area contributed by atoms with Crippen molar-refractivity contribution in [1.29, 1.82) is 0 Å². The lowest BCUT2D eigenvalue weighted by molar-refractivity contribution is 0.244. The molecule has 4 aromatic rings. The number of hydrogen-bond donors (Lipinski definition) is 1. The molecule has 1 aliphatic rings. The van der Waals surface area contributed by atoms with E-state index >= 15 is 0 Å². The molecular weight excluding hydrogens is 444 g/mol. The Kier molecular flexibility index (Phi) is 6.82. The number of H-pyrrole nitrogens is 1. The van der Waals surface area contributed by atoms with Gasteiger partial charge >= 0.3 is 0 Å². The van der Waals surface area contributed by atoms with Crippen molar-refractivity contribution in [3.05, 3.63) is 123 Å². The molecule has 0 unspecified atom stereocenters. The van der Waals surface area contributed by atoms with Crippen molar-refractivity contribution >= 4 is 0 Å². The van der Waals surface area contributed by atoms with Crippen LogP contribution in [0.4, 0.5) is 8.78 Å². The number of aromatic nitrogens is 2. The maximum atomic E-state index is 13.5. The van der Waals surface area contributed by atoms with E-state index in [1.807, 2.05) is 30.3 Å². The smallest absolute Gasteiger partial charge is 0.255 e. The number of nitrogens with zero attached hydrogens (tertiary/aromatic N) is 2. The van der Waals surface area contributed by atoms with Crippen molar-refractivity contribution in [2.75, 3.05) is 13.1 Å². The van der Waals surface area contributed by atoms with Crippen molar-refractivity contribution in [2.45, 2.75) is 31.7 Å². The number of halogens is 2. The molecule has 0 radical (unpaired) electrons. The molecule has 0 saturated heterocycles. The first kappa shape index (κ1) is 23.1. The lowest BCUT2D eigenvalue weighted by Crippen LogP contribution is -2.36. The fraction of sp³-hybridized carbons (Fsp3) is 0.241. The van der Waals surface area contributed by atoms with Gasteiger partial charge in [0.25, 0.3) is 5.56 Å². The summed E-state index contributed by atoms with van der Waals surface area (Å²) in [6, 6.07) is 22.8. The quantitative estimate of drug-likeness (QED) is 0.377. The topological polar surface area (TPSA) is 49.0 Å². The molecule has 0 spiro atoms. The predicted molar refractivity (Wildman–Crippen MR) is 133 cm³/mol. The zero-order chi connectivity index (χ0) is 24.2. The van der Waals surface area contributed by atoms with Gasteiger partial charge in [0.05, 0.1) is 11.3 Å². The summed E-state index contributed by atoms with van der Waals surface area (Å²) < 4.78 is 27.0. The van der Waals surface area contributed by atoms with Crippen LogP contribution in [0.2, 0.25) is 0 Å². The maximum absolute atomic E-state index is 13.5. The Morgan fingerprint density at radius 2 is 1.51 bits per heavy atom. The number of aromatic amines is 1. The molecule has 1 N–H and O–H groups in total. The molecule has 1 aliphatic heterocycles. The molecule has 178 valence electrons. The van der Waals surface area contributed by atoms with Gasteiger partial charge in [-0.1, -0.05) is 54.6 Å². The van der Waals surface area contributed by atoms with E-state index in [0.29, 0.717) is 12.4 Å². The molecule has 5 rings (SSSR count). The summed E-state index contributed by atoms with van der Waals surface area (Å²) in [7, 11) is 0. The molecule has 6 heteroatoms. The van der Waals surface area contributed by atoms with Gasteiger partial charge in [0.15, 0.2) is 0 Å². The van der Waals surface area contributed by atoms with Gasteiger partial charge in [-0.15, -0.1) is 0 Å². The van der Waals surface area contributed by atoms with Crippen LogP contribution in [0.25, 0.3) is 11.4 Å². The van der Waals surface area contributed by atoms with Crippen LogP contribution in [-0.4, -0.2) is 28.0 Å². The second-order valence-corrected chi connectivity index (χ2v) is 9.03. The van der Waals surface area contributed by atoms with Crippen molar-refractivity contribution in [2.24, 2.45) is 0 Å². The maximum Gasteiger partial charge on any atom is 0.255 e. The average molecular weight is 472 g/mol. The normalized spacial score (nSPS) is 13.7. The minimum atomic E-state index is -0.271. The summed E-state index contributed by atoms with van der Waals surface area (Å²) in [6.07, 6.45) is 2.46. The Bertz CT molecular complexity index is 1290. The number of hydrogen-bond acceptors (Lipinski definition) is 3. The lowest BCUT2D eigenvalue weighted by Gasteiger charge is -2.28. The van der Waals surface area contributed by atoms with Gasteiger partial charge in [0.2, 0.25) is 0 Å². The molecule has 2 heterocycles. The van der Waals surface area contributed by atoms with Gasteiger partial charge in [0.1, 0.15) is 17.5 Å². The third kappa shape index (κ3) is 5.38. The molecule has 4 nitrogen and oxygen atoms in total. The molecule has 3 aromatic carbocycles. The minimum Gasteiger partial charge on any atom is -0.306 e.